The molecule has 0 aromatic heterocycles. The van der Waals surface area contributed by atoms with Crippen LogP contribution in [0.3, 0.4) is 0 Å². The van der Waals surface area contributed by atoms with Crippen LogP contribution < -0.4 is 4.72 Å². The molecule has 2 aromatic rings. The highest BCUT2D eigenvalue weighted by Crippen LogP contribution is 2.41. The van der Waals surface area contributed by atoms with Gasteiger partial charge >= 0.3 is 0 Å². The maximum atomic E-state index is 12.4. The summed E-state index contributed by atoms with van der Waals surface area (Å²) in [6, 6.07) is 12.5. The third-order valence-electron chi connectivity index (χ3n) is 5.36. The average molecular weight is 405 g/mol. The lowest BCUT2D eigenvalue weighted by atomic mass is 9.93. The van der Waals surface area contributed by atoms with Gasteiger partial charge in [0.15, 0.2) is 5.78 Å². The fourth-order valence-electron chi connectivity index (χ4n) is 4.08. The topological polar surface area (TPSA) is 66.5 Å². The highest BCUT2D eigenvalue weighted by Gasteiger charge is 2.37. The van der Waals surface area contributed by atoms with E-state index in [-0.39, 0.29) is 21.7 Å². The first-order chi connectivity index (χ1) is 13.0. The van der Waals surface area contributed by atoms with Crippen LogP contribution in [0.1, 0.15) is 40.4 Å². The van der Waals surface area contributed by atoms with Crippen molar-refractivity contribution in [2.45, 2.75) is 30.2 Å². The zero-order chi connectivity index (χ0) is 19.0. The average Bonchev–Trinajstić information content (AvgIpc) is 2.99. The molecule has 0 amide bonds. The standard InChI is InChI=1S/C20H21ClN2O3S/c21-16-7-1-2-8-19(16)27(25,26)22-10-4-11-23-12-9-14-5-3-6-15-18(24)13-17(23)20(14)15/h1-3,5-8,17,22H,4,9-13H2. The summed E-state index contributed by atoms with van der Waals surface area (Å²) in [5.41, 5.74) is 3.33. The monoisotopic (exact) mass is 404 g/mol. The molecule has 1 unspecified atom stereocenters. The number of sulfonamides is 1. The van der Waals surface area contributed by atoms with Gasteiger partial charge in [-0.25, -0.2) is 13.1 Å². The Balaban J connectivity index is 1.37. The molecule has 7 heteroatoms. The largest absolute Gasteiger partial charge is 0.295 e. The van der Waals surface area contributed by atoms with Crippen molar-refractivity contribution in [3.63, 3.8) is 0 Å². The number of benzene rings is 2. The maximum absolute atomic E-state index is 12.4. The van der Waals surface area contributed by atoms with Gasteiger partial charge in [-0.15, -0.1) is 0 Å². The van der Waals surface area contributed by atoms with E-state index >= 15 is 0 Å². The fourth-order valence-corrected chi connectivity index (χ4v) is 5.68. The number of carbonyl (C=O) groups excluding carboxylic acids is 1. The van der Waals surface area contributed by atoms with Crippen LogP contribution in [0.15, 0.2) is 47.4 Å². The lowest BCUT2D eigenvalue weighted by Crippen LogP contribution is -2.36. The predicted octanol–water partition coefficient (Wildman–Crippen LogP) is 3.19. The van der Waals surface area contributed by atoms with Gasteiger partial charge in [0, 0.05) is 37.7 Å². The molecule has 27 heavy (non-hydrogen) atoms. The Bertz CT molecular complexity index is 990. The zero-order valence-corrected chi connectivity index (χ0v) is 16.4. The molecule has 1 aliphatic carbocycles. The SMILES string of the molecule is O=C1CC2c3c(cccc31)CCN2CCCNS(=O)(=O)c1ccccc1Cl. The van der Waals surface area contributed by atoms with Gasteiger partial charge < -0.3 is 0 Å². The number of halogens is 1. The molecule has 1 N–H and O–H groups in total. The van der Waals surface area contributed by atoms with Gasteiger partial charge in [0.05, 0.1) is 5.02 Å². The second kappa shape index (κ2) is 7.36. The molecule has 0 fully saturated rings. The number of hydrogen-bond donors (Lipinski definition) is 1. The van der Waals surface area contributed by atoms with E-state index in [9.17, 15) is 13.2 Å². The Kier molecular flexibility index (Phi) is 5.07. The number of nitrogens with zero attached hydrogens (tertiary/aromatic N) is 1. The van der Waals surface area contributed by atoms with Crippen molar-refractivity contribution in [1.82, 2.24) is 9.62 Å². The Hall–Kier alpha value is -1.73. The molecule has 1 heterocycles. The van der Waals surface area contributed by atoms with Crippen molar-refractivity contribution in [2.75, 3.05) is 19.6 Å². The molecule has 142 valence electrons. The van der Waals surface area contributed by atoms with E-state index in [0.29, 0.717) is 19.4 Å². The van der Waals surface area contributed by atoms with Gasteiger partial charge in [0.25, 0.3) is 0 Å². The first-order valence-corrected chi connectivity index (χ1v) is 11.0. The first-order valence-electron chi connectivity index (χ1n) is 9.10. The molecule has 0 bridgehead atoms. The van der Waals surface area contributed by atoms with Gasteiger partial charge in [-0.05, 0) is 36.1 Å². The van der Waals surface area contributed by atoms with Crippen LogP contribution >= 0.6 is 11.6 Å². The Morgan fingerprint density at radius 1 is 1.15 bits per heavy atom. The van der Waals surface area contributed by atoms with E-state index in [4.69, 9.17) is 11.6 Å². The molecule has 4 rings (SSSR count). The van der Waals surface area contributed by atoms with Crippen molar-refractivity contribution in [3.8, 4) is 0 Å². The number of Topliss-reactive ketones (excluding diaryl/α,β-unsaturated/α-hetero) is 1. The van der Waals surface area contributed by atoms with E-state index in [0.717, 1.165) is 25.1 Å². The zero-order valence-electron chi connectivity index (χ0n) is 14.8. The second-order valence-electron chi connectivity index (χ2n) is 6.99. The van der Waals surface area contributed by atoms with Crippen molar-refractivity contribution in [2.24, 2.45) is 0 Å². The Labute approximate surface area is 164 Å². The van der Waals surface area contributed by atoms with Crippen LogP contribution in [0.4, 0.5) is 0 Å². The van der Waals surface area contributed by atoms with Crippen LogP contribution in [-0.2, 0) is 16.4 Å². The van der Waals surface area contributed by atoms with Gasteiger partial charge in [-0.3, -0.25) is 9.69 Å². The number of carbonyl (C=O) groups is 1. The van der Waals surface area contributed by atoms with Crippen molar-refractivity contribution in [1.29, 1.82) is 0 Å². The Morgan fingerprint density at radius 3 is 2.78 bits per heavy atom. The summed E-state index contributed by atoms with van der Waals surface area (Å²) in [4.78, 5) is 14.7. The third kappa shape index (κ3) is 3.55. The van der Waals surface area contributed by atoms with E-state index in [1.54, 1.807) is 18.2 Å². The highest BCUT2D eigenvalue weighted by atomic mass is 35.5. The molecular weight excluding hydrogens is 384 g/mol. The molecule has 2 aromatic carbocycles. The number of hydrogen-bond acceptors (Lipinski definition) is 4. The normalized spacial score (nSPS) is 19.3. The summed E-state index contributed by atoms with van der Waals surface area (Å²) < 4.78 is 27.4. The quantitative estimate of drug-likeness (QED) is 0.751. The molecule has 5 nitrogen and oxygen atoms in total. The molecule has 1 aliphatic heterocycles. The van der Waals surface area contributed by atoms with Crippen LogP contribution in [-0.4, -0.2) is 38.7 Å². The number of rotatable bonds is 6. The highest BCUT2D eigenvalue weighted by molar-refractivity contribution is 7.89. The molecule has 0 spiro atoms. The Morgan fingerprint density at radius 2 is 1.96 bits per heavy atom. The van der Waals surface area contributed by atoms with Gasteiger partial charge in [0.1, 0.15) is 4.90 Å². The number of nitrogens with one attached hydrogen (secondary N) is 1. The smallest absolute Gasteiger partial charge is 0.242 e. The van der Waals surface area contributed by atoms with Crippen LogP contribution in [0.25, 0.3) is 0 Å². The lowest BCUT2D eigenvalue weighted by molar-refractivity contribution is 0.0949. The summed E-state index contributed by atoms with van der Waals surface area (Å²) in [5, 5.41) is 0.217. The van der Waals surface area contributed by atoms with Gasteiger partial charge in [-0.2, -0.15) is 0 Å². The fraction of sp³-hybridized carbons (Fsp3) is 0.350. The van der Waals surface area contributed by atoms with Gasteiger partial charge in [0.2, 0.25) is 10.0 Å². The summed E-state index contributed by atoms with van der Waals surface area (Å²) in [5.74, 6) is 0.211. The van der Waals surface area contributed by atoms with E-state index in [2.05, 4.69) is 15.7 Å². The van der Waals surface area contributed by atoms with Crippen molar-refractivity contribution < 1.29 is 13.2 Å². The van der Waals surface area contributed by atoms with E-state index in [1.165, 1.54) is 17.2 Å². The van der Waals surface area contributed by atoms with E-state index < -0.39 is 10.0 Å². The minimum atomic E-state index is -3.61. The minimum Gasteiger partial charge on any atom is -0.295 e. The summed E-state index contributed by atoms with van der Waals surface area (Å²) in [6.07, 6.45) is 2.13. The maximum Gasteiger partial charge on any atom is 0.242 e. The van der Waals surface area contributed by atoms with Crippen LogP contribution in [0.5, 0.6) is 0 Å². The summed E-state index contributed by atoms with van der Waals surface area (Å²) in [7, 11) is -3.61. The molecule has 0 saturated heterocycles. The molecule has 1 atom stereocenters. The third-order valence-corrected chi connectivity index (χ3v) is 7.32. The van der Waals surface area contributed by atoms with Gasteiger partial charge in [-0.1, -0.05) is 41.9 Å². The summed E-state index contributed by atoms with van der Waals surface area (Å²) >= 11 is 5.99. The number of ketones is 1. The molecule has 0 saturated carbocycles. The molecule has 2 aliphatic rings. The minimum absolute atomic E-state index is 0.101. The predicted molar refractivity (Wildman–Crippen MR) is 105 cm³/mol. The van der Waals surface area contributed by atoms with E-state index in [1.807, 2.05) is 12.1 Å². The van der Waals surface area contributed by atoms with Crippen LogP contribution in [0.2, 0.25) is 5.02 Å². The van der Waals surface area contributed by atoms with Crippen LogP contribution in [0, 0.1) is 0 Å². The molecule has 0 radical (unpaired) electrons. The van der Waals surface area contributed by atoms with Crippen molar-refractivity contribution >= 4 is 27.4 Å². The second-order valence-corrected chi connectivity index (χ2v) is 9.13. The molecular formula is C20H21ClN2O3S. The lowest BCUT2D eigenvalue weighted by Gasteiger charge is -2.34. The first kappa shape index (κ1) is 18.6. The van der Waals surface area contributed by atoms with Crippen molar-refractivity contribution in [3.05, 3.63) is 64.2 Å². The summed E-state index contributed by atoms with van der Waals surface area (Å²) in [6.45, 7) is 1.97.